The van der Waals surface area contributed by atoms with Crippen molar-refractivity contribution in [3.63, 3.8) is 0 Å². The van der Waals surface area contributed by atoms with Gasteiger partial charge in [0.05, 0.1) is 0 Å². The summed E-state index contributed by atoms with van der Waals surface area (Å²) >= 11 is 0. The zero-order valence-electron chi connectivity index (χ0n) is 15.9. The van der Waals surface area contributed by atoms with Crippen LogP contribution in [0.5, 0.6) is 0 Å². The molecule has 0 aliphatic heterocycles. The van der Waals surface area contributed by atoms with Crippen LogP contribution in [0.1, 0.15) is 71.6 Å². The van der Waals surface area contributed by atoms with Gasteiger partial charge < -0.3 is 14.2 Å². The summed E-state index contributed by atoms with van der Waals surface area (Å²) in [7, 11) is -0.825. The predicted molar refractivity (Wildman–Crippen MR) is 104 cm³/mol. The third-order valence-corrected chi connectivity index (χ3v) is 7.37. The summed E-state index contributed by atoms with van der Waals surface area (Å²) in [5.41, 5.74) is 0.168. The maximum Gasteiger partial charge on any atom is 0.161 e. The molecule has 0 bridgehead atoms. The standard InChI is InChI=1S/C18H39NO2Si2/c1-18(2,17(20-22-3)21-23-4)14-10-12-16(13-11-14)19-15-8-6-5-7-9-15/h14-17,19H,5-13,22-23H2,1-4H3. The quantitative estimate of drug-likeness (QED) is 0.535. The van der Waals surface area contributed by atoms with Crippen LogP contribution in [0, 0.1) is 11.3 Å². The van der Waals surface area contributed by atoms with E-state index in [1.165, 1.54) is 57.8 Å². The van der Waals surface area contributed by atoms with Gasteiger partial charge in [0.2, 0.25) is 0 Å². The van der Waals surface area contributed by atoms with E-state index in [0.29, 0.717) is 0 Å². The summed E-state index contributed by atoms with van der Waals surface area (Å²) in [6.07, 6.45) is 12.5. The smallest absolute Gasteiger partial charge is 0.161 e. The SMILES string of the molecule is C[SiH2]OC(O[SiH2]C)C(C)(C)C1CCC(NC2CCCCC2)CC1. The lowest BCUT2D eigenvalue weighted by molar-refractivity contribution is -0.111. The van der Waals surface area contributed by atoms with Crippen molar-refractivity contribution in [2.24, 2.45) is 11.3 Å². The average Bonchev–Trinajstić information content (AvgIpc) is 2.56. The molecular weight excluding hydrogens is 318 g/mol. The summed E-state index contributed by atoms with van der Waals surface area (Å²) in [4.78, 5) is 0. The highest BCUT2D eigenvalue weighted by Gasteiger charge is 2.40. The van der Waals surface area contributed by atoms with Crippen LogP contribution in [0.15, 0.2) is 0 Å². The minimum atomic E-state index is -0.413. The summed E-state index contributed by atoms with van der Waals surface area (Å²) < 4.78 is 12.2. The molecule has 0 atom stereocenters. The summed E-state index contributed by atoms with van der Waals surface area (Å²) in [5, 5.41) is 3.96. The number of hydrogen-bond acceptors (Lipinski definition) is 3. The molecule has 23 heavy (non-hydrogen) atoms. The Balaban J connectivity index is 1.81. The van der Waals surface area contributed by atoms with Crippen LogP contribution in [0.4, 0.5) is 0 Å². The van der Waals surface area contributed by atoms with E-state index in [2.05, 4.69) is 32.3 Å². The lowest BCUT2D eigenvalue weighted by atomic mass is 9.69. The number of nitrogens with one attached hydrogen (secondary N) is 1. The van der Waals surface area contributed by atoms with Crippen molar-refractivity contribution in [1.82, 2.24) is 5.32 Å². The lowest BCUT2D eigenvalue weighted by Crippen LogP contribution is -2.46. The van der Waals surface area contributed by atoms with E-state index in [-0.39, 0.29) is 11.7 Å². The van der Waals surface area contributed by atoms with Gasteiger partial charge in [0.15, 0.2) is 19.5 Å². The van der Waals surface area contributed by atoms with Gasteiger partial charge in [-0.3, -0.25) is 0 Å². The molecule has 0 heterocycles. The molecule has 2 fully saturated rings. The molecule has 2 aliphatic rings. The molecule has 0 radical (unpaired) electrons. The Kier molecular flexibility index (Phi) is 8.29. The molecule has 0 unspecified atom stereocenters. The van der Waals surface area contributed by atoms with E-state index in [0.717, 1.165) is 18.0 Å². The van der Waals surface area contributed by atoms with Crippen molar-refractivity contribution in [2.75, 3.05) is 0 Å². The Bertz CT molecular complexity index is 321. The highest BCUT2D eigenvalue weighted by Crippen LogP contribution is 2.42. The molecule has 3 nitrogen and oxygen atoms in total. The number of hydrogen-bond donors (Lipinski definition) is 1. The normalized spacial score (nSPS) is 29.7. The van der Waals surface area contributed by atoms with Gasteiger partial charge in [0.25, 0.3) is 0 Å². The third-order valence-electron chi connectivity index (χ3n) is 6.10. The van der Waals surface area contributed by atoms with Gasteiger partial charge in [0, 0.05) is 17.5 Å². The van der Waals surface area contributed by atoms with Crippen molar-refractivity contribution >= 4 is 19.5 Å². The minimum Gasteiger partial charge on any atom is -0.400 e. The van der Waals surface area contributed by atoms with Gasteiger partial charge in [-0.2, -0.15) is 0 Å². The Morgan fingerprint density at radius 3 is 1.87 bits per heavy atom. The first-order chi connectivity index (χ1) is 11.1. The molecule has 0 aromatic rings. The second-order valence-electron chi connectivity index (χ2n) is 8.11. The van der Waals surface area contributed by atoms with Gasteiger partial charge in [-0.05, 0) is 44.4 Å². The molecule has 0 spiro atoms. The van der Waals surface area contributed by atoms with E-state index < -0.39 is 19.5 Å². The second-order valence-corrected chi connectivity index (χ2v) is 9.94. The highest BCUT2D eigenvalue weighted by molar-refractivity contribution is 6.26. The zero-order chi connectivity index (χ0) is 16.7. The topological polar surface area (TPSA) is 30.5 Å². The van der Waals surface area contributed by atoms with Crippen LogP contribution in [-0.4, -0.2) is 37.9 Å². The molecule has 0 aromatic carbocycles. The maximum atomic E-state index is 6.08. The van der Waals surface area contributed by atoms with Crippen LogP contribution in [0.2, 0.25) is 13.1 Å². The van der Waals surface area contributed by atoms with Crippen molar-refractivity contribution in [3.8, 4) is 0 Å². The van der Waals surface area contributed by atoms with Gasteiger partial charge in [-0.25, -0.2) is 0 Å². The van der Waals surface area contributed by atoms with Crippen LogP contribution >= 0.6 is 0 Å². The van der Waals surface area contributed by atoms with Gasteiger partial charge in [-0.15, -0.1) is 0 Å². The van der Waals surface area contributed by atoms with Crippen molar-refractivity contribution in [1.29, 1.82) is 0 Å². The molecule has 2 aliphatic carbocycles. The molecule has 0 saturated heterocycles. The molecule has 0 amide bonds. The van der Waals surface area contributed by atoms with Crippen LogP contribution in [0.25, 0.3) is 0 Å². The fourth-order valence-electron chi connectivity index (χ4n) is 4.58. The van der Waals surface area contributed by atoms with Crippen LogP contribution in [-0.2, 0) is 8.85 Å². The van der Waals surface area contributed by atoms with Crippen LogP contribution < -0.4 is 5.32 Å². The minimum absolute atomic E-state index is 0.0590. The highest BCUT2D eigenvalue weighted by atomic mass is 28.2. The van der Waals surface area contributed by atoms with Crippen LogP contribution in [0.3, 0.4) is 0 Å². The molecule has 136 valence electrons. The van der Waals surface area contributed by atoms with Crippen molar-refractivity contribution < 1.29 is 8.85 Å². The Morgan fingerprint density at radius 2 is 1.35 bits per heavy atom. The van der Waals surface area contributed by atoms with E-state index in [9.17, 15) is 0 Å². The summed E-state index contributed by atoms with van der Waals surface area (Å²) in [5.74, 6) is 0.748. The third kappa shape index (κ3) is 5.67. The van der Waals surface area contributed by atoms with E-state index in [4.69, 9.17) is 8.85 Å². The average molecular weight is 358 g/mol. The Morgan fingerprint density at radius 1 is 0.826 bits per heavy atom. The molecule has 1 N–H and O–H groups in total. The van der Waals surface area contributed by atoms with E-state index in [1.807, 2.05) is 0 Å². The van der Waals surface area contributed by atoms with Crippen molar-refractivity contribution in [3.05, 3.63) is 0 Å². The second kappa shape index (κ2) is 9.71. The Hall–Kier alpha value is 0.314. The molecule has 0 aromatic heterocycles. The summed E-state index contributed by atoms with van der Waals surface area (Å²) in [6, 6.07) is 1.56. The summed E-state index contributed by atoms with van der Waals surface area (Å²) in [6.45, 7) is 9.19. The largest absolute Gasteiger partial charge is 0.400 e. The Labute approximate surface area is 148 Å². The van der Waals surface area contributed by atoms with Gasteiger partial charge >= 0.3 is 0 Å². The molecule has 2 saturated carbocycles. The first-order valence-corrected chi connectivity index (χ1v) is 14.1. The lowest BCUT2D eigenvalue weighted by Gasteiger charge is -2.44. The molecule has 5 heteroatoms. The van der Waals surface area contributed by atoms with Crippen molar-refractivity contribution in [2.45, 2.75) is 103 Å². The first kappa shape index (κ1) is 19.6. The maximum absolute atomic E-state index is 6.08. The van der Waals surface area contributed by atoms with E-state index >= 15 is 0 Å². The monoisotopic (exact) mass is 357 g/mol. The molecular formula is C18H39NO2Si2. The number of rotatable bonds is 8. The van der Waals surface area contributed by atoms with Gasteiger partial charge in [0.1, 0.15) is 6.29 Å². The fraction of sp³-hybridized carbons (Fsp3) is 1.00. The first-order valence-electron chi connectivity index (χ1n) is 10.1. The predicted octanol–water partition coefficient (Wildman–Crippen LogP) is 3.12. The van der Waals surface area contributed by atoms with Gasteiger partial charge in [-0.1, -0.05) is 46.2 Å². The fourth-order valence-corrected chi connectivity index (χ4v) is 6.43. The molecule has 2 rings (SSSR count). The zero-order valence-corrected chi connectivity index (χ0v) is 18.7. The van der Waals surface area contributed by atoms with E-state index in [1.54, 1.807) is 0 Å².